The summed E-state index contributed by atoms with van der Waals surface area (Å²) in [5.41, 5.74) is 1.94. The Morgan fingerprint density at radius 1 is 0.923 bits per heavy atom. The molecule has 0 aromatic heterocycles. The van der Waals surface area contributed by atoms with Gasteiger partial charge in [-0.05, 0) is 79.4 Å². The average Bonchev–Trinajstić information content (AvgIpc) is 2.91. The second kappa shape index (κ2) is 13.8. The minimum atomic E-state index is -4.15. The number of nitrogens with zero attached hydrogens (tertiary/aromatic N) is 2. The summed E-state index contributed by atoms with van der Waals surface area (Å²) in [6, 6.07) is 18.9. The highest BCUT2D eigenvalue weighted by Crippen LogP contribution is 2.26. The zero-order chi connectivity index (χ0) is 28.6. The number of sulfonamides is 1. The van der Waals surface area contributed by atoms with Gasteiger partial charge in [-0.2, -0.15) is 0 Å². The Morgan fingerprint density at radius 2 is 1.54 bits per heavy atom. The summed E-state index contributed by atoms with van der Waals surface area (Å²) in [6.07, 6.45) is 1.09. The summed E-state index contributed by atoms with van der Waals surface area (Å²) in [5.74, 6) is -0.799. The minimum absolute atomic E-state index is 0.00168. The van der Waals surface area contributed by atoms with E-state index in [9.17, 15) is 18.0 Å². The molecule has 10 heteroatoms. The number of hydrogen-bond donors (Lipinski definition) is 1. The first-order valence-electron chi connectivity index (χ1n) is 12.7. The Bertz CT molecular complexity index is 1380. The molecule has 0 fully saturated rings. The SMILES string of the molecule is CCCNC(=O)[C@@H](CC)N(Cc1ccc(Cl)cc1)C(=O)CN(c1cccc(C)c1)S(=O)(=O)c1ccc(Cl)cc1. The summed E-state index contributed by atoms with van der Waals surface area (Å²) in [5, 5.41) is 3.81. The van der Waals surface area contributed by atoms with E-state index in [1.54, 1.807) is 42.5 Å². The highest BCUT2D eigenvalue weighted by atomic mass is 35.5. The lowest BCUT2D eigenvalue weighted by Gasteiger charge is -2.33. The van der Waals surface area contributed by atoms with E-state index in [-0.39, 0.29) is 17.3 Å². The van der Waals surface area contributed by atoms with Crippen LogP contribution in [0.25, 0.3) is 0 Å². The maximum Gasteiger partial charge on any atom is 0.264 e. The lowest BCUT2D eigenvalue weighted by atomic mass is 10.1. The van der Waals surface area contributed by atoms with Crippen LogP contribution in [-0.2, 0) is 26.2 Å². The smallest absolute Gasteiger partial charge is 0.264 e. The summed E-state index contributed by atoms with van der Waals surface area (Å²) in [6.45, 7) is 5.69. The number of rotatable bonds is 12. The van der Waals surface area contributed by atoms with Gasteiger partial charge in [-0.15, -0.1) is 0 Å². The molecule has 0 bridgehead atoms. The first-order chi connectivity index (χ1) is 18.6. The first-order valence-corrected chi connectivity index (χ1v) is 14.9. The molecule has 0 heterocycles. The highest BCUT2D eigenvalue weighted by molar-refractivity contribution is 7.92. The Labute approximate surface area is 240 Å². The number of benzene rings is 3. The monoisotopic (exact) mass is 589 g/mol. The topological polar surface area (TPSA) is 86.8 Å². The first kappa shape index (κ1) is 30.5. The molecule has 0 aliphatic heterocycles. The van der Waals surface area contributed by atoms with Crippen molar-refractivity contribution in [2.24, 2.45) is 0 Å². The summed E-state index contributed by atoms with van der Waals surface area (Å²) in [7, 11) is -4.15. The second-order valence-corrected chi connectivity index (χ2v) is 11.9. The van der Waals surface area contributed by atoms with Crippen molar-refractivity contribution in [2.75, 3.05) is 17.4 Å². The van der Waals surface area contributed by atoms with Crippen molar-refractivity contribution in [1.82, 2.24) is 10.2 Å². The van der Waals surface area contributed by atoms with E-state index < -0.39 is 28.5 Å². The Hall–Kier alpha value is -3.07. The van der Waals surface area contributed by atoms with Crippen LogP contribution < -0.4 is 9.62 Å². The van der Waals surface area contributed by atoms with E-state index in [2.05, 4.69) is 5.32 Å². The molecule has 208 valence electrons. The average molecular weight is 591 g/mol. The van der Waals surface area contributed by atoms with Crippen molar-refractivity contribution in [2.45, 2.75) is 51.1 Å². The molecule has 0 unspecified atom stereocenters. The highest BCUT2D eigenvalue weighted by Gasteiger charge is 2.33. The molecule has 0 radical (unpaired) electrons. The van der Waals surface area contributed by atoms with Crippen molar-refractivity contribution in [3.05, 3.63) is 94.0 Å². The summed E-state index contributed by atoms with van der Waals surface area (Å²) < 4.78 is 28.8. The van der Waals surface area contributed by atoms with E-state index in [1.165, 1.54) is 29.2 Å². The van der Waals surface area contributed by atoms with Gasteiger partial charge in [0.2, 0.25) is 11.8 Å². The number of nitrogens with one attached hydrogen (secondary N) is 1. The fourth-order valence-electron chi connectivity index (χ4n) is 4.12. The van der Waals surface area contributed by atoms with Gasteiger partial charge in [0, 0.05) is 23.1 Å². The van der Waals surface area contributed by atoms with Crippen molar-refractivity contribution < 1.29 is 18.0 Å². The maximum atomic E-state index is 14.0. The van der Waals surface area contributed by atoms with Crippen molar-refractivity contribution in [1.29, 1.82) is 0 Å². The van der Waals surface area contributed by atoms with E-state index >= 15 is 0 Å². The van der Waals surface area contributed by atoms with Gasteiger partial charge in [-0.3, -0.25) is 13.9 Å². The molecule has 0 aliphatic rings. The molecule has 0 saturated carbocycles. The molecule has 2 amide bonds. The van der Waals surface area contributed by atoms with Crippen LogP contribution in [0.2, 0.25) is 10.0 Å². The number of carbonyl (C=O) groups excluding carboxylic acids is 2. The second-order valence-electron chi connectivity index (χ2n) is 9.17. The van der Waals surface area contributed by atoms with E-state index in [0.717, 1.165) is 21.9 Å². The van der Waals surface area contributed by atoms with Crippen LogP contribution in [0.4, 0.5) is 5.69 Å². The van der Waals surface area contributed by atoms with Crippen LogP contribution in [0, 0.1) is 6.92 Å². The molecule has 7 nitrogen and oxygen atoms in total. The molecule has 0 spiro atoms. The molecular weight excluding hydrogens is 557 g/mol. The lowest BCUT2D eigenvalue weighted by molar-refractivity contribution is -0.140. The Kier molecular flexibility index (Phi) is 10.8. The number of carbonyl (C=O) groups is 2. The van der Waals surface area contributed by atoms with Crippen LogP contribution in [0.3, 0.4) is 0 Å². The van der Waals surface area contributed by atoms with Crippen molar-refractivity contribution in [3.8, 4) is 0 Å². The molecule has 3 aromatic carbocycles. The van der Waals surface area contributed by atoms with E-state index in [1.807, 2.05) is 26.8 Å². The van der Waals surface area contributed by atoms with Gasteiger partial charge in [0.25, 0.3) is 10.0 Å². The van der Waals surface area contributed by atoms with Crippen LogP contribution in [-0.4, -0.2) is 44.3 Å². The number of anilines is 1. The molecule has 39 heavy (non-hydrogen) atoms. The molecule has 1 atom stereocenters. The molecule has 3 aromatic rings. The Morgan fingerprint density at radius 3 is 2.10 bits per heavy atom. The third-order valence-corrected chi connectivity index (χ3v) is 8.46. The predicted octanol–water partition coefficient (Wildman–Crippen LogP) is 5.83. The fraction of sp³-hybridized carbons (Fsp3) is 0.310. The van der Waals surface area contributed by atoms with Gasteiger partial charge in [0.15, 0.2) is 0 Å². The quantitative estimate of drug-likeness (QED) is 0.288. The molecular formula is C29H33Cl2N3O4S. The van der Waals surface area contributed by atoms with E-state index in [4.69, 9.17) is 23.2 Å². The third kappa shape index (κ3) is 7.97. The zero-order valence-corrected chi connectivity index (χ0v) is 24.6. The van der Waals surface area contributed by atoms with E-state index in [0.29, 0.717) is 28.7 Å². The zero-order valence-electron chi connectivity index (χ0n) is 22.2. The van der Waals surface area contributed by atoms with Gasteiger partial charge in [-0.25, -0.2) is 8.42 Å². The van der Waals surface area contributed by atoms with Crippen LogP contribution in [0.1, 0.15) is 37.8 Å². The molecule has 1 N–H and O–H groups in total. The number of aryl methyl sites for hydroxylation is 1. The number of hydrogen-bond acceptors (Lipinski definition) is 4. The van der Waals surface area contributed by atoms with Crippen LogP contribution >= 0.6 is 23.2 Å². The van der Waals surface area contributed by atoms with Gasteiger partial charge in [0.05, 0.1) is 10.6 Å². The van der Waals surface area contributed by atoms with Crippen LogP contribution in [0.15, 0.2) is 77.7 Å². The van der Waals surface area contributed by atoms with Gasteiger partial charge >= 0.3 is 0 Å². The number of amides is 2. The molecule has 0 aliphatic carbocycles. The normalized spacial score (nSPS) is 12.0. The van der Waals surface area contributed by atoms with Crippen LogP contribution in [0.5, 0.6) is 0 Å². The fourth-order valence-corrected chi connectivity index (χ4v) is 5.78. The molecule has 3 rings (SSSR count). The Balaban J connectivity index is 2.04. The van der Waals surface area contributed by atoms with Crippen molar-refractivity contribution >= 4 is 50.7 Å². The predicted molar refractivity (Wildman–Crippen MR) is 157 cm³/mol. The largest absolute Gasteiger partial charge is 0.354 e. The van der Waals surface area contributed by atoms with Crippen molar-refractivity contribution in [3.63, 3.8) is 0 Å². The maximum absolute atomic E-state index is 14.0. The van der Waals surface area contributed by atoms with Gasteiger partial charge < -0.3 is 10.2 Å². The van der Waals surface area contributed by atoms with Gasteiger partial charge in [0.1, 0.15) is 12.6 Å². The number of halogens is 2. The minimum Gasteiger partial charge on any atom is -0.354 e. The third-order valence-electron chi connectivity index (χ3n) is 6.17. The lowest BCUT2D eigenvalue weighted by Crippen LogP contribution is -2.52. The molecule has 0 saturated heterocycles. The summed E-state index contributed by atoms with van der Waals surface area (Å²) in [4.78, 5) is 28.5. The summed E-state index contributed by atoms with van der Waals surface area (Å²) >= 11 is 12.0. The van der Waals surface area contributed by atoms with Gasteiger partial charge in [-0.1, -0.05) is 61.3 Å². The standard InChI is InChI=1S/C29H33Cl2N3O4S/c1-4-17-32-29(36)27(5-2)33(19-22-9-11-23(30)12-10-22)28(35)20-34(25-8-6-7-21(3)18-25)39(37,38)26-15-13-24(31)14-16-26/h6-16,18,27H,4-5,17,19-20H2,1-3H3,(H,32,36)/t27-/m1/s1.